The van der Waals surface area contributed by atoms with E-state index >= 15 is 0 Å². The third-order valence-corrected chi connectivity index (χ3v) is 8.83. The van der Waals surface area contributed by atoms with Gasteiger partial charge in [0.2, 0.25) is 5.91 Å². The summed E-state index contributed by atoms with van der Waals surface area (Å²) >= 11 is 1.91. The van der Waals surface area contributed by atoms with Crippen LogP contribution in [0.5, 0.6) is 0 Å². The average molecular weight is 596 g/mol. The fourth-order valence-electron chi connectivity index (χ4n) is 4.71. The number of carbonyl (C=O) groups is 3. The van der Waals surface area contributed by atoms with E-state index in [1.165, 1.54) is 0 Å². The Kier molecular flexibility index (Phi) is 16.4. The number of nitrogens with one attached hydrogen (secondary N) is 3. The number of amides is 3. The molecule has 6 N–H and O–H groups in total. The summed E-state index contributed by atoms with van der Waals surface area (Å²) in [6.45, 7) is -0.234. The number of fused-ring (bicyclic) bond motifs is 1. The predicted octanol–water partition coefficient (Wildman–Crippen LogP) is 2.74. The maximum atomic E-state index is 12.0. The van der Waals surface area contributed by atoms with Crippen LogP contribution in [0.1, 0.15) is 89.9 Å². The summed E-state index contributed by atoms with van der Waals surface area (Å²) in [4.78, 5) is 52.2. The van der Waals surface area contributed by atoms with E-state index in [4.69, 9.17) is 14.5 Å². The molecule has 0 radical (unpaired) electrons. The van der Waals surface area contributed by atoms with Gasteiger partial charge < -0.3 is 35.6 Å². The largest absolute Gasteiger partial charge is 0.469 e. The molecule has 12 nitrogen and oxygen atoms in total. The minimum Gasteiger partial charge on any atom is -0.463 e. The molecular weight excluding hydrogens is 549 g/mol. The first kappa shape index (κ1) is 33.8. The van der Waals surface area contributed by atoms with Crippen LogP contribution < -0.4 is 16.0 Å². The molecule has 4 unspecified atom stereocenters. The van der Waals surface area contributed by atoms with Crippen LogP contribution in [0.25, 0.3) is 0 Å². The van der Waals surface area contributed by atoms with E-state index in [0.717, 1.165) is 82.9 Å². The Morgan fingerprint density at radius 2 is 1.59 bits per heavy atom. The van der Waals surface area contributed by atoms with Crippen LogP contribution in [0.3, 0.4) is 0 Å². The number of rotatable bonds is 22. The van der Waals surface area contributed by atoms with Gasteiger partial charge in [0.1, 0.15) is 12.7 Å². The third kappa shape index (κ3) is 15.9. The zero-order chi connectivity index (χ0) is 28.5. The highest BCUT2D eigenvalue weighted by Crippen LogP contribution is 2.35. The Balaban J connectivity index is 1.29. The number of urea groups is 1. The summed E-state index contributed by atoms with van der Waals surface area (Å²) in [5.41, 5.74) is 0. The number of hydrogen-bond donors (Lipinski definition) is 6. The van der Waals surface area contributed by atoms with Gasteiger partial charge in [-0.25, -0.2) is 9.36 Å². The maximum Gasteiger partial charge on any atom is 0.469 e. The van der Waals surface area contributed by atoms with E-state index in [1.807, 2.05) is 11.8 Å². The first-order valence-electron chi connectivity index (χ1n) is 14.1. The van der Waals surface area contributed by atoms with Gasteiger partial charge in [0.25, 0.3) is 0 Å². The van der Waals surface area contributed by atoms with Crippen molar-refractivity contribution in [1.82, 2.24) is 16.0 Å². The molecule has 2 fully saturated rings. The molecule has 0 aliphatic carbocycles. The number of thioether (sulfide) groups is 1. The molecule has 4 atom stereocenters. The molecule has 3 amide bonds. The third-order valence-electron chi connectivity index (χ3n) is 6.83. The first-order valence-corrected chi connectivity index (χ1v) is 16.7. The van der Waals surface area contributed by atoms with Gasteiger partial charge in [0.15, 0.2) is 0 Å². The standard InChI is InChI=1S/C25H46N3O9PS/c29-19(17-37-38(33,34)35)16-36-23(31)14-8-6-4-2-1-3-5-7-11-15-26-22(30)13-10-9-12-21-24-20(18-39-21)27-25(32)28-24/h19-21,24,29H,1-18H2,(H,26,30)(H2,27,28,32)(H2,33,34,35). The normalized spacial score (nSPS) is 21.2. The van der Waals surface area contributed by atoms with Gasteiger partial charge in [-0.05, 0) is 25.7 Å². The number of carbonyl (C=O) groups excluding carboxylic acids is 3. The zero-order valence-electron chi connectivity index (χ0n) is 22.7. The zero-order valence-corrected chi connectivity index (χ0v) is 24.4. The SMILES string of the molecule is O=C(CCCCC1SCC2NC(=O)NC21)NCCCCCCCCCCCC(=O)OCC(O)COP(=O)(O)O. The maximum absolute atomic E-state index is 12.0. The van der Waals surface area contributed by atoms with Crippen molar-refractivity contribution in [3.63, 3.8) is 0 Å². The summed E-state index contributed by atoms with van der Waals surface area (Å²) in [6.07, 6.45) is 11.7. The van der Waals surface area contributed by atoms with Crippen molar-refractivity contribution in [2.24, 2.45) is 0 Å². The van der Waals surface area contributed by atoms with E-state index in [2.05, 4.69) is 20.5 Å². The number of hydrogen-bond acceptors (Lipinski definition) is 8. The molecule has 0 spiro atoms. The van der Waals surface area contributed by atoms with Crippen molar-refractivity contribution < 1.29 is 43.1 Å². The van der Waals surface area contributed by atoms with E-state index in [1.54, 1.807) is 0 Å². The smallest absolute Gasteiger partial charge is 0.463 e. The number of ether oxygens (including phenoxy) is 1. The number of aliphatic hydroxyl groups excluding tert-OH is 1. The molecule has 39 heavy (non-hydrogen) atoms. The summed E-state index contributed by atoms with van der Waals surface area (Å²) < 4.78 is 19.6. The second-order valence-electron chi connectivity index (χ2n) is 10.3. The van der Waals surface area contributed by atoms with Gasteiger partial charge in [0.05, 0.1) is 18.7 Å². The van der Waals surface area contributed by atoms with Gasteiger partial charge in [0, 0.05) is 30.4 Å². The van der Waals surface area contributed by atoms with Crippen LogP contribution in [0, 0.1) is 0 Å². The average Bonchev–Trinajstić information content (AvgIpc) is 3.43. The van der Waals surface area contributed by atoms with Crippen molar-refractivity contribution in [2.45, 2.75) is 113 Å². The molecule has 0 aromatic rings. The fourth-order valence-corrected chi connectivity index (χ4v) is 6.62. The van der Waals surface area contributed by atoms with Gasteiger partial charge in [-0.15, -0.1) is 0 Å². The van der Waals surface area contributed by atoms with Crippen molar-refractivity contribution in [2.75, 3.05) is 25.5 Å². The van der Waals surface area contributed by atoms with Crippen LogP contribution in [-0.2, 0) is 23.4 Å². The van der Waals surface area contributed by atoms with Crippen LogP contribution in [0.4, 0.5) is 4.79 Å². The second kappa shape index (κ2) is 18.9. The molecule has 2 rings (SSSR count). The second-order valence-corrected chi connectivity index (χ2v) is 12.8. The molecule has 0 aromatic heterocycles. The molecule has 2 saturated heterocycles. The molecular formula is C25H46N3O9PS. The summed E-state index contributed by atoms with van der Waals surface area (Å²) in [7, 11) is -4.65. The Hall–Kier alpha value is -1.37. The fraction of sp³-hybridized carbons (Fsp3) is 0.880. The van der Waals surface area contributed by atoms with Crippen LogP contribution in [0.2, 0.25) is 0 Å². The van der Waals surface area contributed by atoms with Gasteiger partial charge in [-0.1, -0.05) is 51.4 Å². The Morgan fingerprint density at radius 3 is 2.28 bits per heavy atom. The quantitative estimate of drug-likeness (QED) is 0.0471. The lowest BCUT2D eigenvalue weighted by molar-refractivity contribution is -0.147. The summed E-state index contributed by atoms with van der Waals surface area (Å²) in [5, 5.41) is 18.9. The first-order chi connectivity index (χ1) is 18.6. The summed E-state index contributed by atoms with van der Waals surface area (Å²) in [6, 6.07) is 0.426. The van der Waals surface area contributed by atoms with Crippen LogP contribution >= 0.6 is 19.6 Å². The summed E-state index contributed by atoms with van der Waals surface area (Å²) in [5.74, 6) is 0.640. The van der Waals surface area contributed by atoms with E-state index in [0.29, 0.717) is 18.1 Å². The minimum atomic E-state index is -4.65. The molecule has 226 valence electrons. The number of unbranched alkanes of at least 4 members (excludes halogenated alkanes) is 9. The topological polar surface area (TPSA) is 184 Å². The molecule has 2 aliphatic heterocycles. The van der Waals surface area contributed by atoms with E-state index in [9.17, 15) is 24.1 Å². The molecule has 0 saturated carbocycles. The molecule has 2 heterocycles. The van der Waals surface area contributed by atoms with Gasteiger partial charge >= 0.3 is 19.8 Å². The van der Waals surface area contributed by atoms with Crippen LogP contribution in [-0.4, -0.2) is 81.7 Å². The highest BCUT2D eigenvalue weighted by molar-refractivity contribution is 8.00. The van der Waals surface area contributed by atoms with Crippen molar-refractivity contribution in [3.05, 3.63) is 0 Å². The number of esters is 1. The molecule has 2 aliphatic rings. The molecule has 0 bridgehead atoms. The van der Waals surface area contributed by atoms with Gasteiger partial charge in [-0.2, -0.15) is 11.8 Å². The Bertz CT molecular complexity index is 801. The lowest BCUT2D eigenvalue weighted by Gasteiger charge is -2.16. The Labute approximate surface area is 235 Å². The van der Waals surface area contributed by atoms with Crippen molar-refractivity contribution in [1.29, 1.82) is 0 Å². The van der Waals surface area contributed by atoms with Crippen molar-refractivity contribution in [3.8, 4) is 0 Å². The van der Waals surface area contributed by atoms with Crippen LogP contribution in [0.15, 0.2) is 0 Å². The lowest BCUT2D eigenvalue weighted by Crippen LogP contribution is -2.36. The lowest BCUT2D eigenvalue weighted by atomic mass is 10.0. The Morgan fingerprint density at radius 1 is 0.949 bits per heavy atom. The highest BCUT2D eigenvalue weighted by atomic mass is 32.2. The van der Waals surface area contributed by atoms with E-state index < -0.39 is 26.5 Å². The van der Waals surface area contributed by atoms with E-state index in [-0.39, 0.29) is 37.0 Å². The highest BCUT2D eigenvalue weighted by Gasteiger charge is 2.42. The molecule has 14 heteroatoms. The number of phosphoric acid groups is 1. The monoisotopic (exact) mass is 595 g/mol. The number of aliphatic hydroxyl groups is 1. The number of phosphoric ester groups is 1. The molecule has 0 aromatic carbocycles. The predicted molar refractivity (Wildman–Crippen MR) is 148 cm³/mol. The van der Waals surface area contributed by atoms with Gasteiger partial charge in [-0.3, -0.25) is 14.1 Å². The van der Waals surface area contributed by atoms with Crippen molar-refractivity contribution >= 4 is 37.5 Å². The minimum absolute atomic E-state index is 0.0579.